The van der Waals surface area contributed by atoms with Gasteiger partial charge in [0, 0.05) is 31.9 Å². The molecule has 178 valence electrons. The summed E-state index contributed by atoms with van der Waals surface area (Å²) in [6.07, 6.45) is 0. The molecule has 2 N–H and O–H groups in total. The Labute approximate surface area is 198 Å². The number of ether oxygens (including phenoxy) is 1. The van der Waals surface area contributed by atoms with E-state index in [9.17, 15) is 9.59 Å². The highest BCUT2D eigenvalue weighted by molar-refractivity contribution is 6.88. The van der Waals surface area contributed by atoms with E-state index in [2.05, 4.69) is 59.3 Å². The molecule has 1 fully saturated rings. The van der Waals surface area contributed by atoms with Crippen LogP contribution >= 0.6 is 0 Å². The smallest absolute Gasteiger partial charge is 0.251 e. The van der Waals surface area contributed by atoms with Gasteiger partial charge in [0.1, 0.15) is 11.8 Å². The van der Waals surface area contributed by atoms with Crippen LogP contribution in [-0.4, -0.2) is 76.6 Å². The van der Waals surface area contributed by atoms with Gasteiger partial charge in [-0.3, -0.25) is 14.5 Å². The van der Waals surface area contributed by atoms with E-state index < -0.39 is 14.1 Å². The Balaban J connectivity index is 1.73. The summed E-state index contributed by atoms with van der Waals surface area (Å²) in [7, 11) is 2.26. The van der Waals surface area contributed by atoms with Gasteiger partial charge in [0.25, 0.3) is 5.91 Å². The highest BCUT2D eigenvalue weighted by Gasteiger charge is 2.25. The Kier molecular flexibility index (Phi) is 8.28. The molecule has 0 spiro atoms. The van der Waals surface area contributed by atoms with Crippen LogP contribution in [0.15, 0.2) is 48.5 Å². The molecule has 0 bridgehead atoms. The molecule has 1 unspecified atom stereocenters. The first-order chi connectivity index (χ1) is 15.7. The molecule has 1 aliphatic heterocycles. The molecular formula is C25H36N4O3Si. The number of hydrogen-bond acceptors (Lipinski definition) is 5. The van der Waals surface area contributed by atoms with Crippen molar-refractivity contribution >= 4 is 30.8 Å². The number of methoxy groups -OCH3 is 1. The Morgan fingerprint density at radius 2 is 1.58 bits per heavy atom. The Hall–Kier alpha value is -2.68. The van der Waals surface area contributed by atoms with Gasteiger partial charge in [0.15, 0.2) is 0 Å². The van der Waals surface area contributed by atoms with Gasteiger partial charge in [-0.15, -0.1) is 0 Å². The first kappa shape index (κ1) is 24.9. The third-order valence-corrected chi connectivity index (χ3v) is 8.06. The fraction of sp³-hybridized carbons (Fsp3) is 0.440. The number of benzene rings is 2. The van der Waals surface area contributed by atoms with E-state index in [1.54, 1.807) is 19.2 Å². The molecule has 1 heterocycles. The number of amides is 2. The minimum Gasteiger partial charge on any atom is -0.497 e. The third-order valence-electron chi connectivity index (χ3n) is 6.00. The second-order valence-electron chi connectivity index (χ2n) is 9.67. The first-order valence-electron chi connectivity index (χ1n) is 11.4. The molecule has 0 aliphatic carbocycles. The summed E-state index contributed by atoms with van der Waals surface area (Å²) in [5.41, 5.74) is 1.42. The van der Waals surface area contributed by atoms with Crippen molar-refractivity contribution in [2.24, 2.45) is 0 Å². The van der Waals surface area contributed by atoms with Crippen LogP contribution in [0.2, 0.25) is 19.6 Å². The van der Waals surface area contributed by atoms with Crippen molar-refractivity contribution in [3.63, 3.8) is 0 Å². The van der Waals surface area contributed by atoms with Gasteiger partial charge >= 0.3 is 0 Å². The van der Waals surface area contributed by atoms with E-state index in [0.717, 1.165) is 26.2 Å². The second-order valence-corrected chi connectivity index (χ2v) is 14.7. The lowest BCUT2D eigenvalue weighted by Gasteiger charge is -2.32. The number of carbonyl (C=O) groups excluding carboxylic acids is 2. The van der Waals surface area contributed by atoms with Crippen molar-refractivity contribution in [3.8, 4) is 5.75 Å². The summed E-state index contributed by atoms with van der Waals surface area (Å²) < 4.78 is 5.24. The second kappa shape index (κ2) is 11.0. The molecule has 2 amide bonds. The summed E-state index contributed by atoms with van der Waals surface area (Å²) in [5, 5.41) is 7.24. The number of nitrogens with one attached hydrogen (secondary N) is 2. The number of piperazine rings is 1. The van der Waals surface area contributed by atoms with Crippen LogP contribution < -0.4 is 20.6 Å². The third kappa shape index (κ3) is 7.15. The van der Waals surface area contributed by atoms with Gasteiger partial charge < -0.3 is 20.3 Å². The van der Waals surface area contributed by atoms with Crippen LogP contribution in [0.5, 0.6) is 5.75 Å². The molecule has 2 aromatic carbocycles. The normalized spacial score (nSPS) is 16.2. The zero-order valence-corrected chi connectivity index (χ0v) is 21.4. The van der Waals surface area contributed by atoms with Crippen LogP contribution in [0.1, 0.15) is 11.6 Å². The molecule has 1 aliphatic rings. The van der Waals surface area contributed by atoms with E-state index in [4.69, 9.17) is 4.74 Å². The van der Waals surface area contributed by atoms with Gasteiger partial charge in [-0.25, -0.2) is 0 Å². The summed E-state index contributed by atoms with van der Waals surface area (Å²) >= 11 is 0. The number of nitrogens with zero attached hydrogens (tertiary/aromatic N) is 2. The largest absolute Gasteiger partial charge is 0.497 e. The fourth-order valence-corrected chi connectivity index (χ4v) is 4.95. The van der Waals surface area contributed by atoms with Gasteiger partial charge in [-0.2, -0.15) is 0 Å². The lowest BCUT2D eigenvalue weighted by Crippen LogP contribution is -2.49. The van der Waals surface area contributed by atoms with E-state index in [1.165, 1.54) is 5.19 Å². The SMILES string of the molecule is COc1ccc(C(NC(=O)CN2CCN(C)CC2)C(=O)Nc2ccc([Si](C)(C)C)cc2)cc1. The van der Waals surface area contributed by atoms with Crippen molar-refractivity contribution in [2.45, 2.75) is 25.7 Å². The molecule has 0 saturated carbocycles. The molecule has 33 heavy (non-hydrogen) atoms. The summed E-state index contributed by atoms with van der Waals surface area (Å²) in [6.45, 7) is 10.7. The van der Waals surface area contributed by atoms with Gasteiger partial charge in [0.05, 0.1) is 21.7 Å². The van der Waals surface area contributed by atoms with Crippen molar-refractivity contribution in [1.82, 2.24) is 15.1 Å². The molecule has 0 aromatic heterocycles. The van der Waals surface area contributed by atoms with E-state index in [1.807, 2.05) is 24.3 Å². The van der Waals surface area contributed by atoms with Crippen molar-refractivity contribution in [3.05, 3.63) is 54.1 Å². The predicted octanol–water partition coefficient (Wildman–Crippen LogP) is 2.28. The van der Waals surface area contributed by atoms with Gasteiger partial charge in [0.2, 0.25) is 5.91 Å². The Morgan fingerprint density at radius 3 is 2.12 bits per heavy atom. The van der Waals surface area contributed by atoms with Gasteiger partial charge in [-0.05, 0) is 36.9 Å². The predicted molar refractivity (Wildman–Crippen MR) is 136 cm³/mol. The van der Waals surface area contributed by atoms with Crippen LogP contribution in [0.4, 0.5) is 5.69 Å². The highest BCUT2D eigenvalue weighted by atomic mass is 28.3. The maximum absolute atomic E-state index is 13.3. The van der Waals surface area contributed by atoms with Crippen molar-refractivity contribution in [2.75, 3.05) is 52.2 Å². The molecule has 8 heteroatoms. The lowest BCUT2D eigenvalue weighted by molar-refractivity contribution is -0.127. The number of hydrogen-bond donors (Lipinski definition) is 2. The molecule has 0 radical (unpaired) electrons. The average molecular weight is 469 g/mol. The molecule has 2 aromatic rings. The topological polar surface area (TPSA) is 73.9 Å². The fourth-order valence-electron chi connectivity index (χ4n) is 3.78. The summed E-state index contributed by atoms with van der Waals surface area (Å²) in [5.74, 6) is 0.265. The molecule has 1 saturated heterocycles. The number of carbonyl (C=O) groups is 2. The van der Waals surface area contributed by atoms with Crippen LogP contribution in [0.3, 0.4) is 0 Å². The molecule has 7 nitrogen and oxygen atoms in total. The minimum absolute atomic E-state index is 0.162. The Bertz CT molecular complexity index is 934. The standard InChI is InChI=1S/C25H36N4O3Si/c1-28-14-16-29(17-15-28)18-23(30)27-24(19-6-10-21(32-2)11-7-19)25(31)26-20-8-12-22(13-9-20)33(3,4)5/h6-13,24H,14-18H2,1-5H3,(H,26,31)(H,27,30). The molecule has 1 atom stereocenters. The van der Waals surface area contributed by atoms with Crippen LogP contribution in [0, 0.1) is 0 Å². The lowest BCUT2D eigenvalue weighted by atomic mass is 10.1. The average Bonchev–Trinajstić information content (AvgIpc) is 2.79. The summed E-state index contributed by atoms with van der Waals surface area (Å²) in [6, 6.07) is 14.4. The van der Waals surface area contributed by atoms with Crippen LogP contribution in [-0.2, 0) is 9.59 Å². The summed E-state index contributed by atoms with van der Waals surface area (Å²) in [4.78, 5) is 30.5. The minimum atomic E-state index is -1.42. The zero-order chi connectivity index (χ0) is 24.0. The van der Waals surface area contributed by atoms with E-state index in [0.29, 0.717) is 17.0 Å². The monoisotopic (exact) mass is 468 g/mol. The maximum atomic E-state index is 13.3. The highest BCUT2D eigenvalue weighted by Crippen LogP contribution is 2.20. The molecular weight excluding hydrogens is 432 g/mol. The van der Waals surface area contributed by atoms with E-state index in [-0.39, 0.29) is 18.4 Å². The quantitative estimate of drug-likeness (QED) is 0.582. The van der Waals surface area contributed by atoms with Gasteiger partial charge in [-0.1, -0.05) is 49.1 Å². The maximum Gasteiger partial charge on any atom is 0.251 e. The Morgan fingerprint density at radius 1 is 0.970 bits per heavy atom. The number of likely N-dealkylation sites (N-methyl/N-ethyl adjacent to an activating group) is 1. The molecule has 3 rings (SSSR count). The van der Waals surface area contributed by atoms with Crippen LogP contribution in [0.25, 0.3) is 0 Å². The number of anilines is 1. The van der Waals surface area contributed by atoms with E-state index >= 15 is 0 Å². The van der Waals surface area contributed by atoms with Crippen molar-refractivity contribution in [1.29, 1.82) is 0 Å². The van der Waals surface area contributed by atoms with Crippen molar-refractivity contribution < 1.29 is 14.3 Å². The number of rotatable bonds is 8. The first-order valence-corrected chi connectivity index (χ1v) is 14.9. The zero-order valence-electron chi connectivity index (χ0n) is 20.4.